The molecule has 176 valence electrons. The predicted octanol–water partition coefficient (Wildman–Crippen LogP) is 1.28. The number of nitrogens with zero attached hydrogens (tertiary/aromatic N) is 4. The van der Waals surface area contributed by atoms with Gasteiger partial charge in [-0.1, -0.05) is 8.49 Å². The molecule has 4 heterocycles. The summed E-state index contributed by atoms with van der Waals surface area (Å²) in [6, 6.07) is 13.2. The van der Waals surface area contributed by atoms with E-state index in [0.29, 0.717) is 21.5 Å². The van der Waals surface area contributed by atoms with Gasteiger partial charge in [0.2, 0.25) is 10.7 Å². The summed E-state index contributed by atoms with van der Waals surface area (Å²) in [4.78, 5) is 54.1. The Morgan fingerprint density at radius 1 is 0.500 bits per heavy atom. The maximum Gasteiger partial charge on any atom is 0.429 e. The van der Waals surface area contributed by atoms with Crippen molar-refractivity contribution < 1.29 is 8.49 Å². The fourth-order valence-electron chi connectivity index (χ4n) is 4.96. The van der Waals surface area contributed by atoms with E-state index >= 15 is 0 Å². The Morgan fingerprint density at radius 3 is 1.03 bits per heavy atom. The SMILES string of the molecule is CCn1ccc(=[n+]2c(=O)c3ccc4c(=O)[n+](=c5ccn(CC)cc5)c(=O)c5ccc(c2=O)c3c45)cc1. The van der Waals surface area contributed by atoms with Crippen molar-refractivity contribution in [2.75, 3.05) is 0 Å². The first-order valence-corrected chi connectivity index (χ1v) is 11.8. The number of hydrogen-bond acceptors (Lipinski definition) is 4. The van der Waals surface area contributed by atoms with Crippen molar-refractivity contribution in [3.05, 3.63) is 125 Å². The molecule has 0 spiro atoms. The van der Waals surface area contributed by atoms with Crippen molar-refractivity contribution in [2.45, 2.75) is 26.9 Å². The van der Waals surface area contributed by atoms with E-state index in [4.69, 9.17) is 0 Å². The molecule has 0 unspecified atom stereocenters. The number of pyridine rings is 4. The third-order valence-corrected chi connectivity index (χ3v) is 6.89. The largest absolute Gasteiger partial charge is 0.429 e. The van der Waals surface area contributed by atoms with Crippen LogP contribution in [-0.4, -0.2) is 9.13 Å². The van der Waals surface area contributed by atoms with Crippen molar-refractivity contribution >= 4 is 32.3 Å². The molecule has 0 amide bonds. The monoisotopic (exact) mass is 478 g/mol. The minimum absolute atomic E-state index is 0.287. The standard InChI is InChI=1S/C28H22N4O4/c1-3-29-13-9-17(10-14-29)31-25(33)19-5-7-21-24-22(8-6-20(23(19)24)26(31)34)28(36)32(27(21)35)18-11-15-30(4-2)16-12-18/h5-16H,3-4H2,1-2H3/q+2. The van der Waals surface area contributed by atoms with Gasteiger partial charge in [0.25, 0.3) is 0 Å². The summed E-state index contributed by atoms with van der Waals surface area (Å²) in [6.07, 6.45) is 7.23. The summed E-state index contributed by atoms with van der Waals surface area (Å²) in [6.45, 7) is 5.51. The van der Waals surface area contributed by atoms with E-state index in [1.54, 1.807) is 48.5 Å². The molecule has 8 heteroatoms. The predicted molar refractivity (Wildman–Crippen MR) is 135 cm³/mol. The second kappa shape index (κ2) is 7.91. The van der Waals surface area contributed by atoms with Crippen molar-refractivity contribution in [1.82, 2.24) is 9.13 Å². The Bertz CT molecular complexity index is 1970. The lowest BCUT2D eigenvalue weighted by Gasteiger charge is -2.04. The van der Waals surface area contributed by atoms with Gasteiger partial charge < -0.3 is 9.13 Å². The van der Waals surface area contributed by atoms with Crippen LogP contribution >= 0.6 is 0 Å². The minimum atomic E-state index is -0.486. The molecular formula is C28H22N4O4+2. The molecule has 8 nitrogen and oxygen atoms in total. The third-order valence-electron chi connectivity index (χ3n) is 6.89. The van der Waals surface area contributed by atoms with Crippen LogP contribution in [0.4, 0.5) is 0 Å². The number of rotatable bonds is 2. The van der Waals surface area contributed by atoms with Crippen LogP contribution in [0.3, 0.4) is 0 Å². The minimum Gasteiger partial charge on any atom is -0.354 e. The van der Waals surface area contributed by atoms with E-state index in [2.05, 4.69) is 0 Å². The maximum absolute atomic E-state index is 13.5. The molecule has 0 saturated heterocycles. The molecule has 6 rings (SSSR count). The van der Waals surface area contributed by atoms with Gasteiger partial charge in [0.05, 0.1) is 0 Å². The molecule has 36 heavy (non-hydrogen) atoms. The Hall–Kier alpha value is -4.72. The van der Waals surface area contributed by atoms with Gasteiger partial charge in [0.15, 0.2) is 0 Å². The van der Waals surface area contributed by atoms with Crippen LogP contribution in [0.1, 0.15) is 13.8 Å². The molecule has 0 bridgehead atoms. The van der Waals surface area contributed by atoms with Crippen molar-refractivity contribution in [3.8, 4) is 0 Å². The molecule has 0 N–H and O–H groups in total. The van der Waals surface area contributed by atoms with E-state index in [0.717, 1.165) is 21.6 Å². The molecule has 0 aliphatic heterocycles. The molecule has 4 aromatic heterocycles. The van der Waals surface area contributed by atoms with Crippen LogP contribution in [0.2, 0.25) is 0 Å². The molecule has 0 atom stereocenters. The zero-order valence-electron chi connectivity index (χ0n) is 19.8. The smallest absolute Gasteiger partial charge is 0.354 e. The number of hydrogen-bond donors (Lipinski definition) is 0. The highest BCUT2D eigenvalue weighted by Crippen LogP contribution is 2.27. The normalized spacial score (nSPS) is 11.7. The summed E-state index contributed by atoms with van der Waals surface area (Å²) in [5, 5.41) is 2.78. The second-order valence-electron chi connectivity index (χ2n) is 8.74. The fraction of sp³-hybridized carbons (Fsp3) is 0.143. The molecule has 0 aliphatic carbocycles. The number of aromatic nitrogens is 4. The summed E-state index contributed by atoms with van der Waals surface area (Å²) >= 11 is 0. The lowest BCUT2D eigenvalue weighted by atomic mass is 9.97. The van der Waals surface area contributed by atoms with Gasteiger partial charge >= 0.3 is 22.2 Å². The number of aryl methyl sites for hydroxylation is 2. The van der Waals surface area contributed by atoms with E-state index in [1.165, 1.54) is 0 Å². The Balaban J connectivity index is 1.85. The topological polar surface area (TPSA) is 89.9 Å². The molecule has 2 aromatic carbocycles. The van der Waals surface area contributed by atoms with Crippen LogP contribution in [0, 0.1) is 10.7 Å². The van der Waals surface area contributed by atoms with E-state index < -0.39 is 22.2 Å². The first-order valence-electron chi connectivity index (χ1n) is 11.8. The van der Waals surface area contributed by atoms with Gasteiger partial charge in [0.1, 0.15) is 21.5 Å². The van der Waals surface area contributed by atoms with E-state index in [1.807, 2.05) is 47.8 Å². The van der Waals surface area contributed by atoms with Gasteiger partial charge in [-0.05, 0) is 38.1 Å². The maximum atomic E-state index is 13.5. The lowest BCUT2D eigenvalue weighted by molar-refractivity contribution is -0.540. The Kier molecular flexibility index (Phi) is 4.79. The van der Waals surface area contributed by atoms with Crippen LogP contribution in [0.15, 0.2) is 92.5 Å². The average molecular weight is 479 g/mol. The second-order valence-corrected chi connectivity index (χ2v) is 8.74. The van der Waals surface area contributed by atoms with Gasteiger partial charge in [-0.15, -0.1) is 0 Å². The zero-order chi connectivity index (χ0) is 25.1. The van der Waals surface area contributed by atoms with E-state index in [9.17, 15) is 19.2 Å². The quantitative estimate of drug-likeness (QED) is 0.277. The highest BCUT2D eigenvalue weighted by Gasteiger charge is 2.26. The zero-order valence-corrected chi connectivity index (χ0v) is 19.8. The van der Waals surface area contributed by atoms with Crippen LogP contribution in [0.25, 0.3) is 32.3 Å². The third kappa shape index (κ3) is 2.94. The van der Waals surface area contributed by atoms with Crippen LogP contribution in [-0.2, 0) is 13.1 Å². The fourth-order valence-corrected chi connectivity index (χ4v) is 4.96. The molecule has 0 saturated carbocycles. The Labute approximate surface area is 202 Å². The Morgan fingerprint density at radius 2 is 0.778 bits per heavy atom. The first kappa shape index (κ1) is 21.8. The molecular weight excluding hydrogens is 456 g/mol. The van der Waals surface area contributed by atoms with Crippen LogP contribution in [0.5, 0.6) is 0 Å². The van der Waals surface area contributed by atoms with Crippen molar-refractivity contribution in [1.29, 1.82) is 0 Å². The van der Waals surface area contributed by atoms with Gasteiger partial charge in [0, 0.05) is 72.9 Å². The number of benzene rings is 2. The van der Waals surface area contributed by atoms with Crippen molar-refractivity contribution in [2.24, 2.45) is 0 Å². The van der Waals surface area contributed by atoms with E-state index in [-0.39, 0.29) is 21.5 Å². The molecule has 0 radical (unpaired) electrons. The lowest BCUT2D eigenvalue weighted by Crippen LogP contribution is -2.52. The van der Waals surface area contributed by atoms with Crippen molar-refractivity contribution in [3.63, 3.8) is 0 Å². The summed E-state index contributed by atoms with van der Waals surface area (Å²) in [5.41, 5.74) is -1.94. The average Bonchev–Trinajstić information content (AvgIpc) is 2.91. The van der Waals surface area contributed by atoms with Gasteiger partial charge in [-0.3, -0.25) is 0 Å². The first-order chi connectivity index (χ1) is 17.4. The highest BCUT2D eigenvalue weighted by atomic mass is 16.2. The van der Waals surface area contributed by atoms with Gasteiger partial charge in [-0.25, -0.2) is 19.2 Å². The molecule has 0 fully saturated rings. The summed E-state index contributed by atoms with van der Waals surface area (Å²) < 4.78 is 6.15. The molecule has 6 aromatic rings. The highest BCUT2D eigenvalue weighted by molar-refractivity contribution is 6.21. The summed E-state index contributed by atoms with van der Waals surface area (Å²) in [7, 11) is 0. The molecule has 0 aliphatic rings. The van der Waals surface area contributed by atoms with Crippen LogP contribution < -0.4 is 30.7 Å². The van der Waals surface area contributed by atoms with Gasteiger partial charge in [-0.2, -0.15) is 0 Å². The summed E-state index contributed by atoms with van der Waals surface area (Å²) in [5.74, 6) is 0.